The van der Waals surface area contributed by atoms with E-state index in [1.165, 1.54) is 0 Å². The molecular weight excluding hydrogens is 218 g/mol. The molecule has 17 heavy (non-hydrogen) atoms. The molecule has 1 aliphatic rings. The third kappa shape index (κ3) is 3.66. The molecule has 0 aromatic rings. The maximum atomic E-state index is 11.4. The number of hydrogen-bond acceptors (Lipinski definition) is 4. The first-order valence-electron chi connectivity index (χ1n) is 6.30. The summed E-state index contributed by atoms with van der Waals surface area (Å²) in [4.78, 5) is 15.9. The van der Waals surface area contributed by atoms with Gasteiger partial charge < -0.3 is 15.3 Å². The first-order valence-corrected chi connectivity index (χ1v) is 6.30. The van der Waals surface area contributed by atoms with Crippen molar-refractivity contribution in [2.45, 2.75) is 32.4 Å². The summed E-state index contributed by atoms with van der Waals surface area (Å²) in [5, 5.41) is 12.4. The van der Waals surface area contributed by atoms with E-state index in [0.29, 0.717) is 19.1 Å². The van der Waals surface area contributed by atoms with Crippen molar-refractivity contribution >= 4 is 5.97 Å². The molecule has 0 amide bonds. The quantitative estimate of drug-likeness (QED) is 0.716. The van der Waals surface area contributed by atoms with E-state index < -0.39 is 11.5 Å². The van der Waals surface area contributed by atoms with Gasteiger partial charge in [0.25, 0.3) is 0 Å². The van der Waals surface area contributed by atoms with Crippen LogP contribution >= 0.6 is 0 Å². The molecule has 1 saturated heterocycles. The number of rotatable bonds is 5. The van der Waals surface area contributed by atoms with Gasteiger partial charge in [0.15, 0.2) is 0 Å². The van der Waals surface area contributed by atoms with E-state index in [1.807, 2.05) is 6.92 Å². The maximum absolute atomic E-state index is 11.4. The summed E-state index contributed by atoms with van der Waals surface area (Å²) in [6, 6.07) is 0.408. The Morgan fingerprint density at radius 2 is 2.18 bits per heavy atom. The van der Waals surface area contributed by atoms with Crippen molar-refractivity contribution in [1.82, 2.24) is 15.1 Å². The van der Waals surface area contributed by atoms with Gasteiger partial charge in [-0.05, 0) is 27.4 Å². The fourth-order valence-electron chi connectivity index (χ4n) is 2.41. The third-order valence-corrected chi connectivity index (χ3v) is 3.53. The van der Waals surface area contributed by atoms with Gasteiger partial charge in [-0.1, -0.05) is 6.92 Å². The van der Waals surface area contributed by atoms with Crippen LogP contribution in [0.1, 0.15) is 20.8 Å². The van der Waals surface area contributed by atoms with Crippen LogP contribution in [0.15, 0.2) is 0 Å². The number of piperazine rings is 1. The van der Waals surface area contributed by atoms with Gasteiger partial charge >= 0.3 is 5.97 Å². The highest BCUT2D eigenvalue weighted by atomic mass is 16.4. The van der Waals surface area contributed by atoms with E-state index in [1.54, 1.807) is 6.92 Å². The fourth-order valence-corrected chi connectivity index (χ4v) is 2.41. The van der Waals surface area contributed by atoms with Crippen molar-refractivity contribution in [3.05, 3.63) is 0 Å². The summed E-state index contributed by atoms with van der Waals surface area (Å²) in [6.45, 7) is 10.0. The summed E-state index contributed by atoms with van der Waals surface area (Å²) < 4.78 is 0. The van der Waals surface area contributed by atoms with E-state index in [2.05, 4.69) is 29.1 Å². The van der Waals surface area contributed by atoms with Crippen molar-refractivity contribution in [2.24, 2.45) is 0 Å². The zero-order chi connectivity index (χ0) is 13.1. The van der Waals surface area contributed by atoms with Crippen LogP contribution in [-0.2, 0) is 4.79 Å². The molecule has 0 bridgehead atoms. The van der Waals surface area contributed by atoms with Crippen LogP contribution in [0, 0.1) is 0 Å². The predicted octanol–water partition coefficient (Wildman–Crippen LogP) is 0.0751. The lowest BCUT2D eigenvalue weighted by molar-refractivity contribution is -0.145. The number of carboxylic acids is 1. The van der Waals surface area contributed by atoms with Crippen LogP contribution in [0.5, 0.6) is 0 Å². The SMILES string of the molecule is CCNC(C)(CN1CCN(C)CC1C)C(=O)O. The smallest absolute Gasteiger partial charge is 0.324 e. The molecule has 0 aliphatic carbocycles. The van der Waals surface area contributed by atoms with Gasteiger partial charge in [0.1, 0.15) is 5.54 Å². The maximum Gasteiger partial charge on any atom is 0.324 e. The van der Waals surface area contributed by atoms with Gasteiger partial charge in [0, 0.05) is 32.2 Å². The van der Waals surface area contributed by atoms with Crippen LogP contribution in [0.2, 0.25) is 0 Å². The molecular formula is C12H25N3O2. The highest BCUT2D eigenvalue weighted by Crippen LogP contribution is 2.14. The number of aliphatic carboxylic acids is 1. The van der Waals surface area contributed by atoms with Gasteiger partial charge in [-0.25, -0.2) is 0 Å². The Balaban J connectivity index is 2.64. The molecule has 5 heteroatoms. The topological polar surface area (TPSA) is 55.8 Å². The standard InChI is InChI=1S/C12H25N3O2/c1-5-13-12(3,11(16)17)9-15-7-6-14(4)8-10(15)2/h10,13H,5-9H2,1-4H3,(H,16,17). The summed E-state index contributed by atoms with van der Waals surface area (Å²) in [5.74, 6) is -0.773. The zero-order valence-corrected chi connectivity index (χ0v) is 11.4. The van der Waals surface area contributed by atoms with E-state index in [4.69, 9.17) is 0 Å². The average molecular weight is 243 g/mol. The molecule has 2 unspecified atom stereocenters. The third-order valence-electron chi connectivity index (χ3n) is 3.53. The van der Waals surface area contributed by atoms with Gasteiger partial charge in [0.05, 0.1) is 0 Å². The van der Waals surface area contributed by atoms with E-state index >= 15 is 0 Å². The van der Waals surface area contributed by atoms with Crippen LogP contribution in [0.3, 0.4) is 0 Å². The number of nitrogens with one attached hydrogen (secondary N) is 1. The van der Waals surface area contributed by atoms with Crippen molar-refractivity contribution in [2.75, 3.05) is 39.8 Å². The molecule has 1 rings (SSSR count). The van der Waals surface area contributed by atoms with Gasteiger partial charge in [-0.2, -0.15) is 0 Å². The molecule has 2 atom stereocenters. The van der Waals surface area contributed by atoms with E-state index in [0.717, 1.165) is 19.6 Å². The van der Waals surface area contributed by atoms with Crippen LogP contribution in [0.4, 0.5) is 0 Å². The molecule has 2 N–H and O–H groups in total. The van der Waals surface area contributed by atoms with Crippen molar-refractivity contribution in [3.63, 3.8) is 0 Å². The Kier molecular flexibility index (Phi) is 4.91. The molecule has 1 aliphatic heterocycles. The summed E-state index contributed by atoms with van der Waals surface area (Å²) in [5.41, 5.74) is -0.848. The summed E-state index contributed by atoms with van der Waals surface area (Å²) in [6.07, 6.45) is 0. The van der Waals surface area contributed by atoms with Gasteiger partial charge in [-0.3, -0.25) is 9.69 Å². The molecule has 1 fully saturated rings. The van der Waals surface area contributed by atoms with Crippen LogP contribution < -0.4 is 5.32 Å². The molecule has 5 nitrogen and oxygen atoms in total. The second-order valence-electron chi connectivity index (χ2n) is 5.25. The number of nitrogens with zero attached hydrogens (tertiary/aromatic N) is 2. The van der Waals surface area contributed by atoms with Gasteiger partial charge in [0.2, 0.25) is 0 Å². The van der Waals surface area contributed by atoms with Gasteiger partial charge in [-0.15, -0.1) is 0 Å². The molecule has 0 aromatic carbocycles. The lowest BCUT2D eigenvalue weighted by Gasteiger charge is -2.42. The van der Waals surface area contributed by atoms with Crippen molar-refractivity contribution in [1.29, 1.82) is 0 Å². The molecule has 0 saturated carbocycles. The number of hydrogen-bond donors (Lipinski definition) is 2. The second kappa shape index (κ2) is 5.80. The second-order valence-corrected chi connectivity index (χ2v) is 5.25. The Morgan fingerprint density at radius 3 is 2.65 bits per heavy atom. The lowest BCUT2D eigenvalue weighted by atomic mass is 10.00. The fraction of sp³-hybridized carbons (Fsp3) is 0.917. The highest BCUT2D eigenvalue weighted by Gasteiger charge is 2.36. The highest BCUT2D eigenvalue weighted by molar-refractivity contribution is 5.78. The summed E-state index contributed by atoms with van der Waals surface area (Å²) in [7, 11) is 2.11. The largest absolute Gasteiger partial charge is 0.480 e. The summed E-state index contributed by atoms with van der Waals surface area (Å²) >= 11 is 0. The van der Waals surface area contributed by atoms with E-state index in [-0.39, 0.29) is 0 Å². The Morgan fingerprint density at radius 1 is 1.53 bits per heavy atom. The minimum atomic E-state index is -0.848. The van der Waals surface area contributed by atoms with Crippen LogP contribution in [0.25, 0.3) is 0 Å². The van der Waals surface area contributed by atoms with Crippen LogP contribution in [-0.4, -0.2) is 72.2 Å². The van der Waals surface area contributed by atoms with E-state index in [9.17, 15) is 9.90 Å². The minimum Gasteiger partial charge on any atom is -0.480 e. The number of carbonyl (C=O) groups is 1. The zero-order valence-electron chi connectivity index (χ0n) is 11.4. The molecule has 100 valence electrons. The van der Waals surface area contributed by atoms with Crippen molar-refractivity contribution in [3.8, 4) is 0 Å². The predicted molar refractivity (Wildman–Crippen MR) is 68.2 cm³/mol. The molecule has 0 aromatic heterocycles. The molecule has 0 radical (unpaired) electrons. The molecule has 0 spiro atoms. The number of carboxylic acid groups (broad SMARTS) is 1. The van der Waals surface area contributed by atoms with Crippen molar-refractivity contribution < 1.29 is 9.90 Å². The first-order chi connectivity index (χ1) is 7.89. The Labute approximate surface area is 104 Å². The average Bonchev–Trinajstić information content (AvgIpc) is 2.22. The Hall–Kier alpha value is -0.650. The Bertz CT molecular complexity index is 272. The normalized spacial score (nSPS) is 26.7. The number of likely N-dealkylation sites (N-methyl/N-ethyl adjacent to an activating group) is 2. The monoisotopic (exact) mass is 243 g/mol. The molecule has 1 heterocycles. The first kappa shape index (κ1) is 14.4. The lowest BCUT2D eigenvalue weighted by Crippen LogP contribution is -2.61. The minimum absolute atomic E-state index is 0.408.